The molecule has 3 nitrogen and oxygen atoms in total. The van der Waals surface area contributed by atoms with E-state index in [-0.39, 0.29) is 18.4 Å². The molecule has 0 aromatic heterocycles. The molecule has 2 saturated carbocycles. The van der Waals surface area contributed by atoms with E-state index in [2.05, 4.69) is 12.2 Å². The SMILES string of the molecule is C[C@@H](NC(=O)CC#N)[C@H]1C[C@H]2CC[C@H]1C2. The van der Waals surface area contributed by atoms with Crippen LogP contribution in [-0.4, -0.2) is 11.9 Å². The molecule has 0 heterocycles. The fourth-order valence-electron chi connectivity index (χ4n) is 3.39. The van der Waals surface area contributed by atoms with E-state index in [0.29, 0.717) is 5.92 Å². The van der Waals surface area contributed by atoms with Crippen LogP contribution >= 0.6 is 0 Å². The van der Waals surface area contributed by atoms with Crippen LogP contribution in [0.15, 0.2) is 0 Å². The van der Waals surface area contributed by atoms with Gasteiger partial charge in [0.25, 0.3) is 0 Å². The van der Waals surface area contributed by atoms with Gasteiger partial charge in [-0.2, -0.15) is 5.26 Å². The van der Waals surface area contributed by atoms with Crippen molar-refractivity contribution in [3.05, 3.63) is 0 Å². The maximum Gasteiger partial charge on any atom is 0.234 e. The van der Waals surface area contributed by atoms with E-state index in [1.54, 1.807) is 0 Å². The molecule has 1 amide bonds. The van der Waals surface area contributed by atoms with Gasteiger partial charge in [-0.25, -0.2) is 0 Å². The van der Waals surface area contributed by atoms with E-state index in [1.165, 1.54) is 25.7 Å². The highest BCUT2D eigenvalue weighted by molar-refractivity contribution is 5.78. The summed E-state index contributed by atoms with van der Waals surface area (Å²) in [5.74, 6) is 2.28. The summed E-state index contributed by atoms with van der Waals surface area (Å²) in [4.78, 5) is 11.3. The van der Waals surface area contributed by atoms with E-state index in [0.717, 1.165) is 11.8 Å². The van der Waals surface area contributed by atoms with Gasteiger partial charge in [0.05, 0.1) is 6.07 Å². The Labute approximate surface area is 90.8 Å². The van der Waals surface area contributed by atoms with Crippen LogP contribution in [0, 0.1) is 29.1 Å². The lowest BCUT2D eigenvalue weighted by Gasteiger charge is -2.28. The number of carbonyl (C=O) groups excluding carboxylic acids is 1. The molecular formula is C12H18N2O. The third-order valence-electron chi connectivity index (χ3n) is 4.06. The molecule has 82 valence electrons. The van der Waals surface area contributed by atoms with Gasteiger partial charge in [0.1, 0.15) is 6.42 Å². The van der Waals surface area contributed by atoms with Crippen LogP contribution in [-0.2, 0) is 4.79 Å². The van der Waals surface area contributed by atoms with Crippen molar-refractivity contribution in [1.29, 1.82) is 5.26 Å². The number of fused-ring (bicyclic) bond motifs is 2. The molecule has 0 saturated heterocycles. The van der Waals surface area contributed by atoms with Crippen LogP contribution < -0.4 is 5.32 Å². The molecule has 1 N–H and O–H groups in total. The molecule has 0 aromatic rings. The maximum atomic E-state index is 11.3. The lowest BCUT2D eigenvalue weighted by Crippen LogP contribution is -2.39. The first kappa shape index (κ1) is 10.5. The largest absolute Gasteiger partial charge is 0.352 e. The second-order valence-electron chi connectivity index (χ2n) is 5.03. The highest BCUT2D eigenvalue weighted by atomic mass is 16.1. The number of hydrogen-bond acceptors (Lipinski definition) is 2. The van der Waals surface area contributed by atoms with Crippen molar-refractivity contribution in [2.45, 2.75) is 45.1 Å². The maximum absolute atomic E-state index is 11.3. The summed E-state index contributed by atoms with van der Waals surface area (Å²) in [6, 6.07) is 2.14. The molecule has 2 bridgehead atoms. The molecule has 2 aliphatic rings. The van der Waals surface area contributed by atoms with E-state index in [9.17, 15) is 4.79 Å². The predicted octanol–water partition coefficient (Wildman–Crippen LogP) is 1.84. The Morgan fingerprint density at radius 3 is 2.87 bits per heavy atom. The third-order valence-corrected chi connectivity index (χ3v) is 4.06. The van der Waals surface area contributed by atoms with Crippen LogP contribution in [0.3, 0.4) is 0 Å². The van der Waals surface area contributed by atoms with Crippen molar-refractivity contribution < 1.29 is 4.79 Å². The van der Waals surface area contributed by atoms with Crippen LogP contribution in [0.4, 0.5) is 0 Å². The molecule has 0 spiro atoms. The van der Waals surface area contributed by atoms with Crippen LogP contribution in [0.5, 0.6) is 0 Å². The number of amides is 1. The summed E-state index contributed by atoms with van der Waals surface area (Å²) in [5.41, 5.74) is 0. The summed E-state index contributed by atoms with van der Waals surface area (Å²) in [6.45, 7) is 2.08. The fourth-order valence-corrected chi connectivity index (χ4v) is 3.39. The molecule has 3 heteroatoms. The van der Waals surface area contributed by atoms with Gasteiger partial charge in [-0.05, 0) is 43.9 Å². The number of carbonyl (C=O) groups is 1. The molecule has 15 heavy (non-hydrogen) atoms. The lowest BCUT2D eigenvalue weighted by molar-refractivity contribution is -0.121. The van der Waals surface area contributed by atoms with Crippen LogP contribution in [0.1, 0.15) is 39.0 Å². The summed E-state index contributed by atoms with van der Waals surface area (Å²) in [5, 5.41) is 11.4. The minimum atomic E-state index is -0.118. The van der Waals surface area contributed by atoms with Gasteiger partial charge < -0.3 is 5.32 Å². The van der Waals surface area contributed by atoms with Crippen LogP contribution in [0.25, 0.3) is 0 Å². The normalized spacial score (nSPS) is 34.8. The summed E-state index contributed by atoms with van der Waals surface area (Å²) in [7, 11) is 0. The van der Waals surface area contributed by atoms with E-state index in [1.807, 2.05) is 6.07 Å². The molecule has 2 rings (SSSR count). The van der Waals surface area contributed by atoms with E-state index < -0.39 is 0 Å². The molecule has 2 aliphatic carbocycles. The highest BCUT2D eigenvalue weighted by Gasteiger charge is 2.41. The van der Waals surface area contributed by atoms with Crippen molar-refractivity contribution in [2.75, 3.05) is 0 Å². The quantitative estimate of drug-likeness (QED) is 0.766. The second-order valence-corrected chi connectivity index (χ2v) is 5.03. The number of nitriles is 1. The Morgan fingerprint density at radius 2 is 2.33 bits per heavy atom. The Balaban J connectivity index is 1.84. The summed E-state index contributed by atoms with van der Waals surface area (Å²) >= 11 is 0. The average molecular weight is 206 g/mol. The number of hydrogen-bond donors (Lipinski definition) is 1. The monoisotopic (exact) mass is 206 g/mol. The van der Waals surface area contributed by atoms with Crippen molar-refractivity contribution in [3.8, 4) is 6.07 Å². The summed E-state index contributed by atoms with van der Waals surface area (Å²) < 4.78 is 0. The van der Waals surface area contributed by atoms with E-state index in [4.69, 9.17) is 5.26 Å². The first-order valence-electron chi connectivity index (χ1n) is 5.87. The standard InChI is InChI=1S/C12H18N2O/c1-8(14-12(15)4-5-13)11-7-9-2-3-10(11)6-9/h8-11H,2-4,6-7H2,1H3,(H,14,15)/t8-,9+,10+,11-/m1/s1. The van der Waals surface area contributed by atoms with E-state index >= 15 is 0 Å². The Kier molecular flexibility index (Phi) is 2.95. The van der Waals surface area contributed by atoms with Gasteiger partial charge >= 0.3 is 0 Å². The van der Waals surface area contributed by atoms with Gasteiger partial charge in [0.2, 0.25) is 5.91 Å². The molecule has 4 atom stereocenters. The molecule has 2 fully saturated rings. The van der Waals surface area contributed by atoms with Gasteiger partial charge in [0.15, 0.2) is 0 Å². The highest BCUT2D eigenvalue weighted by Crippen LogP contribution is 2.49. The third kappa shape index (κ3) is 2.14. The Morgan fingerprint density at radius 1 is 1.53 bits per heavy atom. The summed E-state index contributed by atoms with van der Waals surface area (Å²) in [6.07, 6.45) is 5.36. The van der Waals surface area contributed by atoms with Gasteiger partial charge in [0, 0.05) is 6.04 Å². The zero-order chi connectivity index (χ0) is 10.8. The number of rotatable bonds is 3. The predicted molar refractivity (Wildman–Crippen MR) is 56.8 cm³/mol. The smallest absolute Gasteiger partial charge is 0.234 e. The molecule has 0 radical (unpaired) electrons. The van der Waals surface area contributed by atoms with Gasteiger partial charge in [-0.15, -0.1) is 0 Å². The Hall–Kier alpha value is -1.04. The zero-order valence-electron chi connectivity index (χ0n) is 9.20. The average Bonchev–Trinajstić information content (AvgIpc) is 2.78. The topological polar surface area (TPSA) is 52.9 Å². The van der Waals surface area contributed by atoms with Crippen molar-refractivity contribution >= 4 is 5.91 Å². The van der Waals surface area contributed by atoms with Crippen LogP contribution in [0.2, 0.25) is 0 Å². The number of nitrogens with zero attached hydrogens (tertiary/aromatic N) is 1. The van der Waals surface area contributed by atoms with Gasteiger partial charge in [-0.1, -0.05) is 6.42 Å². The molecule has 0 aliphatic heterocycles. The van der Waals surface area contributed by atoms with Crippen molar-refractivity contribution in [3.63, 3.8) is 0 Å². The minimum absolute atomic E-state index is 0.00877. The number of nitrogens with one attached hydrogen (secondary N) is 1. The first-order valence-corrected chi connectivity index (χ1v) is 5.87. The van der Waals surface area contributed by atoms with Gasteiger partial charge in [-0.3, -0.25) is 4.79 Å². The lowest BCUT2D eigenvalue weighted by atomic mass is 9.84. The molecular weight excluding hydrogens is 188 g/mol. The minimum Gasteiger partial charge on any atom is -0.352 e. The van der Waals surface area contributed by atoms with Crippen molar-refractivity contribution in [2.24, 2.45) is 17.8 Å². The Bertz CT molecular complexity index is 294. The molecule has 0 aromatic carbocycles. The van der Waals surface area contributed by atoms with Crippen molar-refractivity contribution in [1.82, 2.24) is 5.32 Å². The first-order chi connectivity index (χ1) is 7.20. The zero-order valence-corrected chi connectivity index (χ0v) is 9.20. The second kappa shape index (κ2) is 4.22. The fraction of sp³-hybridized carbons (Fsp3) is 0.833. The molecule has 0 unspecified atom stereocenters.